The number of pyridine rings is 1. The van der Waals surface area contributed by atoms with Gasteiger partial charge in [0, 0.05) is 25.3 Å². The number of fused-ring (bicyclic) bond motifs is 1. The SMILES string of the molecule is COCCn1cc(-c2cccc3nc(Cc4ccc(CCCN5CCCC5)cc4)nn23)cn1. The monoisotopic (exact) mass is 444 g/mol. The van der Waals surface area contributed by atoms with Gasteiger partial charge in [0.1, 0.15) is 0 Å². The van der Waals surface area contributed by atoms with Crippen LogP contribution >= 0.6 is 0 Å². The van der Waals surface area contributed by atoms with Gasteiger partial charge in [-0.1, -0.05) is 30.3 Å². The van der Waals surface area contributed by atoms with E-state index in [1.807, 2.05) is 33.7 Å². The lowest BCUT2D eigenvalue weighted by Crippen LogP contribution is -2.20. The van der Waals surface area contributed by atoms with Crippen molar-refractivity contribution in [2.75, 3.05) is 33.4 Å². The fourth-order valence-electron chi connectivity index (χ4n) is 4.57. The van der Waals surface area contributed by atoms with E-state index in [9.17, 15) is 0 Å². The minimum atomic E-state index is 0.635. The molecule has 0 N–H and O–H groups in total. The maximum absolute atomic E-state index is 5.15. The van der Waals surface area contributed by atoms with Crippen molar-refractivity contribution in [3.8, 4) is 11.3 Å². The topological polar surface area (TPSA) is 60.5 Å². The van der Waals surface area contributed by atoms with Crippen molar-refractivity contribution in [3.05, 3.63) is 71.8 Å². The van der Waals surface area contributed by atoms with Crippen molar-refractivity contribution in [2.24, 2.45) is 0 Å². The molecule has 4 heterocycles. The highest BCUT2D eigenvalue weighted by molar-refractivity contribution is 5.61. The molecule has 0 radical (unpaired) electrons. The molecule has 0 atom stereocenters. The van der Waals surface area contributed by atoms with Crippen LogP contribution in [0.4, 0.5) is 0 Å². The Morgan fingerprint density at radius 2 is 1.79 bits per heavy atom. The highest BCUT2D eigenvalue weighted by Crippen LogP contribution is 2.20. The zero-order valence-corrected chi connectivity index (χ0v) is 19.4. The predicted octanol–water partition coefficient (Wildman–Crippen LogP) is 3.86. The maximum Gasteiger partial charge on any atom is 0.156 e. The number of hydrogen-bond acceptors (Lipinski definition) is 5. The van der Waals surface area contributed by atoms with Crippen LogP contribution in [0.5, 0.6) is 0 Å². The number of nitrogens with zero attached hydrogens (tertiary/aromatic N) is 6. The third-order valence-electron chi connectivity index (χ3n) is 6.38. The molecule has 1 aromatic carbocycles. The van der Waals surface area contributed by atoms with E-state index in [4.69, 9.17) is 14.8 Å². The van der Waals surface area contributed by atoms with Crippen molar-refractivity contribution < 1.29 is 4.74 Å². The molecular weight excluding hydrogens is 412 g/mol. The van der Waals surface area contributed by atoms with Crippen molar-refractivity contribution in [1.82, 2.24) is 29.3 Å². The van der Waals surface area contributed by atoms with E-state index in [1.54, 1.807) is 7.11 Å². The van der Waals surface area contributed by atoms with E-state index in [1.165, 1.54) is 50.0 Å². The van der Waals surface area contributed by atoms with Crippen LogP contribution in [-0.4, -0.2) is 62.6 Å². The standard InChI is InChI=1S/C26H32N6O/c1-33-17-16-31-20-23(19-27-31)24-7-4-8-26-28-25(29-32(24)26)18-22-11-9-21(10-12-22)6-5-15-30-13-2-3-14-30/h4,7-12,19-20H,2-3,5-6,13-18H2,1H3. The van der Waals surface area contributed by atoms with Crippen molar-refractivity contribution in [3.63, 3.8) is 0 Å². The first-order valence-electron chi connectivity index (χ1n) is 11.9. The molecule has 0 spiro atoms. The van der Waals surface area contributed by atoms with Crippen LogP contribution in [0.2, 0.25) is 0 Å². The summed E-state index contributed by atoms with van der Waals surface area (Å²) in [6.45, 7) is 5.14. The average molecular weight is 445 g/mol. The Kier molecular flexibility index (Phi) is 6.79. The Morgan fingerprint density at radius 3 is 2.61 bits per heavy atom. The molecule has 0 bridgehead atoms. The lowest BCUT2D eigenvalue weighted by atomic mass is 10.1. The first-order chi connectivity index (χ1) is 16.3. The Balaban J connectivity index is 1.25. The molecule has 0 saturated carbocycles. The summed E-state index contributed by atoms with van der Waals surface area (Å²) in [6.07, 6.45) is 9.73. The normalized spacial score (nSPS) is 14.5. The van der Waals surface area contributed by atoms with Gasteiger partial charge in [-0.25, -0.2) is 9.50 Å². The number of aryl methyl sites for hydroxylation is 1. The van der Waals surface area contributed by atoms with E-state index in [-0.39, 0.29) is 0 Å². The quantitative estimate of drug-likeness (QED) is 0.372. The van der Waals surface area contributed by atoms with Crippen molar-refractivity contribution in [1.29, 1.82) is 0 Å². The smallest absolute Gasteiger partial charge is 0.156 e. The van der Waals surface area contributed by atoms with Gasteiger partial charge in [0.2, 0.25) is 0 Å². The van der Waals surface area contributed by atoms with Crippen molar-refractivity contribution in [2.45, 2.75) is 38.6 Å². The van der Waals surface area contributed by atoms with Gasteiger partial charge in [0.25, 0.3) is 0 Å². The van der Waals surface area contributed by atoms with Crippen molar-refractivity contribution >= 4 is 5.65 Å². The van der Waals surface area contributed by atoms with Gasteiger partial charge in [-0.3, -0.25) is 4.68 Å². The first kappa shape index (κ1) is 21.8. The summed E-state index contributed by atoms with van der Waals surface area (Å²) in [5.41, 5.74) is 5.51. The number of likely N-dealkylation sites (tertiary alicyclic amines) is 1. The highest BCUT2D eigenvalue weighted by Gasteiger charge is 2.12. The zero-order chi connectivity index (χ0) is 22.5. The van der Waals surface area contributed by atoms with Gasteiger partial charge in [0.15, 0.2) is 11.5 Å². The molecule has 33 heavy (non-hydrogen) atoms. The average Bonchev–Trinajstić information content (AvgIpc) is 3.59. The molecule has 1 saturated heterocycles. The summed E-state index contributed by atoms with van der Waals surface area (Å²) in [4.78, 5) is 7.35. The number of rotatable bonds is 10. The van der Waals surface area contributed by atoms with Crippen LogP contribution in [0.15, 0.2) is 54.9 Å². The van der Waals surface area contributed by atoms with Gasteiger partial charge in [-0.2, -0.15) is 10.2 Å². The van der Waals surface area contributed by atoms with Crippen LogP contribution in [0.1, 0.15) is 36.2 Å². The molecular formula is C26H32N6O. The molecule has 3 aromatic heterocycles. The van der Waals surface area contributed by atoms with Gasteiger partial charge in [-0.05, 0) is 68.6 Å². The number of benzene rings is 1. The lowest BCUT2D eigenvalue weighted by molar-refractivity contribution is 0.183. The Labute approximate surface area is 195 Å². The van der Waals surface area contributed by atoms with Gasteiger partial charge < -0.3 is 9.64 Å². The molecule has 0 amide bonds. The summed E-state index contributed by atoms with van der Waals surface area (Å²) in [6, 6.07) is 15.0. The second kappa shape index (κ2) is 10.3. The second-order valence-electron chi connectivity index (χ2n) is 8.84. The highest BCUT2D eigenvalue weighted by atomic mass is 16.5. The summed E-state index contributed by atoms with van der Waals surface area (Å²) in [5, 5.41) is 9.25. The molecule has 7 heteroatoms. The number of hydrogen-bond donors (Lipinski definition) is 0. The first-order valence-corrected chi connectivity index (χ1v) is 11.9. The van der Waals surface area contributed by atoms with Gasteiger partial charge in [-0.15, -0.1) is 0 Å². The van der Waals surface area contributed by atoms with E-state index in [0.717, 1.165) is 42.1 Å². The van der Waals surface area contributed by atoms with E-state index in [2.05, 4.69) is 40.3 Å². The molecule has 0 unspecified atom stereocenters. The third kappa shape index (κ3) is 5.31. The molecule has 1 aliphatic rings. The maximum atomic E-state index is 5.15. The second-order valence-corrected chi connectivity index (χ2v) is 8.84. The molecule has 7 nitrogen and oxygen atoms in total. The third-order valence-corrected chi connectivity index (χ3v) is 6.38. The lowest BCUT2D eigenvalue weighted by Gasteiger charge is -2.13. The molecule has 4 aromatic rings. The minimum Gasteiger partial charge on any atom is -0.383 e. The summed E-state index contributed by atoms with van der Waals surface area (Å²) in [7, 11) is 1.70. The zero-order valence-electron chi connectivity index (χ0n) is 19.4. The van der Waals surface area contributed by atoms with Crippen LogP contribution in [0.25, 0.3) is 16.9 Å². The van der Waals surface area contributed by atoms with Crippen LogP contribution in [-0.2, 0) is 24.1 Å². The number of methoxy groups -OCH3 is 1. The molecule has 1 fully saturated rings. The van der Waals surface area contributed by atoms with Crippen LogP contribution in [0, 0.1) is 0 Å². The fraction of sp³-hybridized carbons (Fsp3) is 0.423. The Morgan fingerprint density at radius 1 is 0.970 bits per heavy atom. The van der Waals surface area contributed by atoms with E-state index < -0.39 is 0 Å². The van der Waals surface area contributed by atoms with Gasteiger partial charge >= 0.3 is 0 Å². The van der Waals surface area contributed by atoms with Crippen LogP contribution in [0.3, 0.4) is 0 Å². The Bertz CT molecular complexity index is 1170. The van der Waals surface area contributed by atoms with E-state index in [0.29, 0.717) is 6.61 Å². The van der Waals surface area contributed by atoms with Crippen LogP contribution < -0.4 is 0 Å². The molecule has 0 aliphatic carbocycles. The fourth-order valence-corrected chi connectivity index (χ4v) is 4.57. The summed E-state index contributed by atoms with van der Waals surface area (Å²) in [5.74, 6) is 0.830. The largest absolute Gasteiger partial charge is 0.383 e. The Hall–Kier alpha value is -3.03. The predicted molar refractivity (Wildman–Crippen MR) is 129 cm³/mol. The van der Waals surface area contributed by atoms with E-state index >= 15 is 0 Å². The molecule has 172 valence electrons. The molecule has 5 rings (SSSR count). The van der Waals surface area contributed by atoms with Gasteiger partial charge in [0.05, 0.1) is 25.0 Å². The summed E-state index contributed by atoms with van der Waals surface area (Å²) >= 11 is 0. The number of ether oxygens (including phenoxy) is 1. The summed E-state index contributed by atoms with van der Waals surface area (Å²) < 4.78 is 8.96. The minimum absolute atomic E-state index is 0.635. The number of aromatic nitrogens is 5. The molecule has 1 aliphatic heterocycles.